The molecule has 0 heterocycles. The standard InChI is InChI=1S/C17H18N2O3S/c1-17(2,3)14-11-9-13(10-12-14)16(20)19(18)23(21,22)15-7-5-4-6-8-15/h4-12H,1-3H3. The van der Waals surface area contributed by atoms with Crippen molar-refractivity contribution < 1.29 is 17.3 Å². The number of amides is 1. The Hall–Kier alpha value is -2.34. The summed E-state index contributed by atoms with van der Waals surface area (Å²) in [5, 5.41) is 0. The number of nitrogens with zero attached hydrogens (tertiary/aromatic N) is 2. The van der Waals surface area contributed by atoms with Gasteiger partial charge < -0.3 is 5.53 Å². The SMILES string of the molecule is CC(C)(C)c1ccc(C(=O)[N+](=[N-])S(=O)(=O)c2ccccc2)cc1. The Balaban J connectivity index is 2.32. The fraction of sp³-hybridized carbons (Fsp3) is 0.235. The van der Waals surface area contributed by atoms with Gasteiger partial charge in [0.1, 0.15) is 4.90 Å². The van der Waals surface area contributed by atoms with Gasteiger partial charge in [-0.15, -0.1) is 4.10 Å². The van der Waals surface area contributed by atoms with Crippen molar-refractivity contribution in [2.24, 2.45) is 0 Å². The van der Waals surface area contributed by atoms with E-state index in [2.05, 4.69) is 0 Å². The zero-order chi connectivity index (χ0) is 17.3. The predicted octanol–water partition coefficient (Wildman–Crippen LogP) is 3.55. The summed E-state index contributed by atoms with van der Waals surface area (Å²) < 4.78 is 24.2. The summed E-state index contributed by atoms with van der Waals surface area (Å²) in [6.45, 7) is 6.09. The number of benzene rings is 2. The Morgan fingerprint density at radius 1 is 0.957 bits per heavy atom. The number of hydrogen-bond acceptors (Lipinski definition) is 3. The molecule has 2 rings (SSSR count). The maximum atomic E-state index is 12.2. The van der Waals surface area contributed by atoms with Crippen molar-refractivity contribution in [3.05, 3.63) is 71.3 Å². The molecule has 0 aromatic heterocycles. The monoisotopic (exact) mass is 330 g/mol. The molecular weight excluding hydrogens is 312 g/mol. The van der Waals surface area contributed by atoms with E-state index < -0.39 is 15.9 Å². The normalized spacial score (nSPS) is 12.0. The number of carbonyl (C=O) groups is 1. The minimum Gasteiger partial charge on any atom is -0.477 e. The van der Waals surface area contributed by atoms with Crippen LogP contribution < -0.4 is 0 Å². The van der Waals surface area contributed by atoms with Gasteiger partial charge in [0.25, 0.3) is 0 Å². The van der Waals surface area contributed by atoms with Gasteiger partial charge in [0, 0.05) is 0 Å². The fourth-order valence-corrected chi connectivity index (χ4v) is 3.05. The molecule has 0 saturated carbocycles. The summed E-state index contributed by atoms with van der Waals surface area (Å²) >= 11 is 0. The molecule has 0 aliphatic rings. The van der Waals surface area contributed by atoms with Crippen molar-refractivity contribution in [3.63, 3.8) is 0 Å². The van der Waals surface area contributed by atoms with Crippen molar-refractivity contribution >= 4 is 15.9 Å². The summed E-state index contributed by atoms with van der Waals surface area (Å²) in [6.07, 6.45) is 0. The molecule has 120 valence electrons. The molecule has 2 aromatic rings. The van der Waals surface area contributed by atoms with Crippen LogP contribution in [0.2, 0.25) is 0 Å². The Bertz CT molecular complexity index is 834. The Morgan fingerprint density at radius 2 is 1.48 bits per heavy atom. The lowest BCUT2D eigenvalue weighted by Crippen LogP contribution is -2.25. The minimum atomic E-state index is -4.29. The summed E-state index contributed by atoms with van der Waals surface area (Å²) in [4.78, 5) is 12.1. The van der Waals surface area contributed by atoms with E-state index in [4.69, 9.17) is 0 Å². The molecule has 0 aliphatic heterocycles. The van der Waals surface area contributed by atoms with Crippen LogP contribution in [0.4, 0.5) is 0 Å². The minimum absolute atomic E-state index is 0.0867. The van der Waals surface area contributed by atoms with Gasteiger partial charge >= 0.3 is 15.9 Å². The Kier molecular flexibility index (Phi) is 4.47. The summed E-state index contributed by atoms with van der Waals surface area (Å²) in [5.74, 6) is -0.991. The average Bonchev–Trinajstić information content (AvgIpc) is 2.53. The van der Waals surface area contributed by atoms with Crippen LogP contribution in [0, 0.1) is 0 Å². The molecule has 0 atom stereocenters. The van der Waals surface area contributed by atoms with Crippen molar-refractivity contribution in [3.8, 4) is 0 Å². The molecule has 6 heteroatoms. The van der Waals surface area contributed by atoms with E-state index in [0.29, 0.717) is 0 Å². The van der Waals surface area contributed by atoms with Crippen LogP contribution in [-0.2, 0) is 15.4 Å². The van der Waals surface area contributed by atoms with Crippen molar-refractivity contribution in [2.45, 2.75) is 31.1 Å². The van der Waals surface area contributed by atoms with Gasteiger partial charge in [-0.3, -0.25) is 0 Å². The highest BCUT2D eigenvalue weighted by atomic mass is 32.2. The zero-order valence-corrected chi connectivity index (χ0v) is 14.0. The van der Waals surface area contributed by atoms with Crippen LogP contribution in [0.25, 0.3) is 5.53 Å². The van der Waals surface area contributed by atoms with Crippen LogP contribution in [0.15, 0.2) is 59.5 Å². The largest absolute Gasteiger partial charge is 0.477 e. The number of sulfonamides is 1. The fourth-order valence-electron chi connectivity index (χ4n) is 2.02. The highest BCUT2D eigenvalue weighted by Crippen LogP contribution is 2.23. The third kappa shape index (κ3) is 3.53. The van der Waals surface area contributed by atoms with Crippen molar-refractivity contribution in [1.82, 2.24) is 0 Å². The molecule has 2 aromatic carbocycles. The Labute approximate surface area is 136 Å². The first kappa shape index (κ1) is 17.0. The topological polar surface area (TPSA) is 76.5 Å². The number of rotatable bonds is 3. The zero-order valence-electron chi connectivity index (χ0n) is 13.2. The van der Waals surface area contributed by atoms with E-state index in [1.165, 1.54) is 36.4 Å². The second kappa shape index (κ2) is 6.04. The smallest absolute Gasteiger partial charge is 0.425 e. The van der Waals surface area contributed by atoms with Crippen molar-refractivity contribution in [2.75, 3.05) is 0 Å². The molecule has 0 fully saturated rings. The number of hydrogen-bond donors (Lipinski definition) is 0. The molecule has 23 heavy (non-hydrogen) atoms. The third-order valence-corrected chi connectivity index (χ3v) is 4.93. The molecule has 0 spiro atoms. The quantitative estimate of drug-likeness (QED) is 0.638. The first-order valence-electron chi connectivity index (χ1n) is 7.08. The van der Waals surface area contributed by atoms with Crippen molar-refractivity contribution in [1.29, 1.82) is 0 Å². The highest BCUT2D eigenvalue weighted by Gasteiger charge is 2.30. The molecule has 0 aliphatic carbocycles. The molecule has 1 amide bonds. The lowest BCUT2D eigenvalue weighted by molar-refractivity contribution is -0.283. The van der Waals surface area contributed by atoms with Gasteiger partial charge in [-0.1, -0.05) is 51.1 Å². The second-order valence-electron chi connectivity index (χ2n) is 6.19. The summed E-state index contributed by atoms with van der Waals surface area (Å²) in [7, 11) is -4.29. The van der Waals surface area contributed by atoms with E-state index in [1.54, 1.807) is 18.2 Å². The third-order valence-electron chi connectivity index (χ3n) is 3.44. The molecule has 0 bridgehead atoms. The van der Waals surface area contributed by atoms with Crippen LogP contribution >= 0.6 is 0 Å². The van der Waals surface area contributed by atoms with Gasteiger partial charge in [0.05, 0.1) is 5.56 Å². The molecule has 0 N–H and O–H groups in total. The summed E-state index contributed by atoms with van der Waals surface area (Å²) in [5.41, 5.74) is 10.9. The van der Waals surface area contributed by atoms with Crippen LogP contribution in [0.1, 0.15) is 36.7 Å². The first-order valence-corrected chi connectivity index (χ1v) is 8.52. The molecule has 0 unspecified atom stereocenters. The lowest BCUT2D eigenvalue weighted by Gasteiger charge is -2.18. The molecule has 0 saturated heterocycles. The van der Waals surface area contributed by atoms with Crippen LogP contribution in [0.3, 0.4) is 0 Å². The van der Waals surface area contributed by atoms with E-state index >= 15 is 0 Å². The maximum absolute atomic E-state index is 12.2. The van der Waals surface area contributed by atoms with Crippen LogP contribution in [0.5, 0.6) is 0 Å². The summed E-state index contributed by atoms with van der Waals surface area (Å²) in [6, 6.07) is 13.8. The molecular formula is C17H18N2O3S. The highest BCUT2D eigenvalue weighted by molar-refractivity contribution is 7.85. The van der Waals surface area contributed by atoms with E-state index in [1.807, 2.05) is 20.8 Å². The van der Waals surface area contributed by atoms with Gasteiger partial charge in [0.15, 0.2) is 0 Å². The van der Waals surface area contributed by atoms with Gasteiger partial charge in [-0.2, -0.15) is 8.42 Å². The second-order valence-corrected chi connectivity index (χ2v) is 7.96. The van der Waals surface area contributed by atoms with Gasteiger partial charge in [0.2, 0.25) is 0 Å². The predicted molar refractivity (Wildman–Crippen MR) is 86.7 cm³/mol. The number of carbonyl (C=O) groups excluding carboxylic acids is 1. The lowest BCUT2D eigenvalue weighted by atomic mass is 9.87. The average molecular weight is 330 g/mol. The maximum Gasteiger partial charge on any atom is 0.425 e. The van der Waals surface area contributed by atoms with Gasteiger partial charge in [-0.25, -0.2) is 4.79 Å². The van der Waals surface area contributed by atoms with Crippen LogP contribution in [-0.4, -0.2) is 18.4 Å². The van der Waals surface area contributed by atoms with E-state index in [9.17, 15) is 18.7 Å². The molecule has 0 radical (unpaired) electrons. The van der Waals surface area contributed by atoms with Gasteiger partial charge in [-0.05, 0) is 35.2 Å². The Morgan fingerprint density at radius 3 is 1.96 bits per heavy atom. The van der Waals surface area contributed by atoms with E-state index in [0.717, 1.165) is 5.56 Å². The molecule has 5 nitrogen and oxygen atoms in total. The van der Waals surface area contributed by atoms with E-state index in [-0.39, 0.29) is 20.0 Å². The first-order chi connectivity index (χ1) is 10.6.